The van der Waals surface area contributed by atoms with Crippen LogP contribution in [0.25, 0.3) is 0 Å². The maximum atomic E-state index is 3.50. The number of unbranched alkanes of at least 4 members (excludes halogenated alkanes) is 1. The van der Waals surface area contributed by atoms with Crippen molar-refractivity contribution in [2.45, 2.75) is 38.6 Å². The Balaban J connectivity index is 2.04. The van der Waals surface area contributed by atoms with Gasteiger partial charge in [-0.25, -0.2) is 0 Å². The average Bonchev–Trinajstić information content (AvgIpc) is 2.75. The van der Waals surface area contributed by atoms with Crippen LogP contribution >= 0.6 is 15.9 Å². The van der Waals surface area contributed by atoms with Crippen LogP contribution < -0.4 is 0 Å². The summed E-state index contributed by atoms with van der Waals surface area (Å²) < 4.78 is 1.18. The van der Waals surface area contributed by atoms with E-state index in [-0.39, 0.29) is 0 Å². The van der Waals surface area contributed by atoms with Crippen molar-refractivity contribution in [2.24, 2.45) is 0 Å². The van der Waals surface area contributed by atoms with Gasteiger partial charge in [0.1, 0.15) is 0 Å². The summed E-state index contributed by atoms with van der Waals surface area (Å²) in [5, 5.41) is 0. The van der Waals surface area contributed by atoms with E-state index in [1.165, 1.54) is 48.8 Å². The first-order valence-corrected chi connectivity index (χ1v) is 7.10. The van der Waals surface area contributed by atoms with Crippen LogP contribution in [-0.2, 0) is 0 Å². The highest BCUT2D eigenvalue weighted by molar-refractivity contribution is 9.10. The topological polar surface area (TPSA) is 3.24 Å². The van der Waals surface area contributed by atoms with Gasteiger partial charge in [0.2, 0.25) is 0 Å². The standard InChI is InChI=1S/C14H20BrN/c1-2-3-10-16-11-4-5-14(16)12-6-8-13(15)9-7-12/h6-9,14H,2-5,10-11H2,1H3. The van der Waals surface area contributed by atoms with Gasteiger partial charge in [0.05, 0.1) is 0 Å². The Labute approximate surface area is 107 Å². The normalized spacial score (nSPS) is 21.5. The van der Waals surface area contributed by atoms with E-state index in [0.717, 1.165) is 0 Å². The zero-order valence-electron chi connectivity index (χ0n) is 9.95. The Kier molecular flexibility index (Phi) is 4.42. The minimum absolute atomic E-state index is 0.666. The molecule has 1 heterocycles. The molecule has 0 bridgehead atoms. The van der Waals surface area contributed by atoms with Crippen molar-refractivity contribution in [2.75, 3.05) is 13.1 Å². The van der Waals surface area contributed by atoms with E-state index in [4.69, 9.17) is 0 Å². The highest BCUT2D eigenvalue weighted by Gasteiger charge is 2.24. The molecule has 1 aromatic carbocycles. The molecule has 0 radical (unpaired) electrons. The van der Waals surface area contributed by atoms with E-state index in [0.29, 0.717) is 6.04 Å². The molecule has 0 aliphatic carbocycles. The molecule has 1 atom stereocenters. The van der Waals surface area contributed by atoms with Crippen LogP contribution in [0.5, 0.6) is 0 Å². The van der Waals surface area contributed by atoms with Crippen molar-refractivity contribution < 1.29 is 0 Å². The zero-order chi connectivity index (χ0) is 11.4. The molecular formula is C14H20BrN. The van der Waals surface area contributed by atoms with Crippen LogP contribution in [0, 0.1) is 0 Å². The minimum Gasteiger partial charge on any atom is -0.296 e. The number of hydrogen-bond donors (Lipinski definition) is 0. The van der Waals surface area contributed by atoms with E-state index in [9.17, 15) is 0 Å². The maximum Gasteiger partial charge on any atom is 0.0348 e. The summed E-state index contributed by atoms with van der Waals surface area (Å²) in [5.74, 6) is 0. The molecule has 1 fully saturated rings. The molecule has 0 amide bonds. The van der Waals surface area contributed by atoms with Crippen molar-refractivity contribution in [1.29, 1.82) is 0 Å². The predicted octanol–water partition coefficient (Wildman–Crippen LogP) is 4.39. The lowest BCUT2D eigenvalue weighted by Gasteiger charge is -2.24. The lowest BCUT2D eigenvalue weighted by atomic mass is 10.0. The largest absolute Gasteiger partial charge is 0.296 e. The first kappa shape index (κ1) is 12.1. The highest BCUT2D eigenvalue weighted by Crippen LogP contribution is 2.32. The Morgan fingerprint density at radius 1 is 1.31 bits per heavy atom. The number of nitrogens with zero attached hydrogens (tertiary/aromatic N) is 1. The van der Waals surface area contributed by atoms with Crippen molar-refractivity contribution >= 4 is 15.9 Å². The second-order valence-corrected chi connectivity index (χ2v) is 5.51. The van der Waals surface area contributed by atoms with Gasteiger partial charge in [-0.1, -0.05) is 41.4 Å². The molecule has 1 aromatic rings. The summed E-state index contributed by atoms with van der Waals surface area (Å²) in [4.78, 5) is 2.65. The average molecular weight is 282 g/mol. The molecule has 88 valence electrons. The molecule has 2 rings (SSSR count). The first-order chi connectivity index (χ1) is 7.81. The van der Waals surface area contributed by atoms with Gasteiger partial charge in [-0.2, -0.15) is 0 Å². The summed E-state index contributed by atoms with van der Waals surface area (Å²) in [5.41, 5.74) is 1.48. The first-order valence-electron chi connectivity index (χ1n) is 6.31. The van der Waals surface area contributed by atoms with Crippen molar-refractivity contribution in [3.05, 3.63) is 34.3 Å². The van der Waals surface area contributed by atoms with Crippen LogP contribution in [-0.4, -0.2) is 18.0 Å². The molecule has 0 saturated carbocycles. The number of halogens is 1. The second kappa shape index (κ2) is 5.83. The van der Waals surface area contributed by atoms with E-state index < -0.39 is 0 Å². The number of rotatable bonds is 4. The number of hydrogen-bond acceptors (Lipinski definition) is 1. The van der Waals surface area contributed by atoms with Gasteiger partial charge in [-0.15, -0.1) is 0 Å². The molecular weight excluding hydrogens is 262 g/mol. The molecule has 0 spiro atoms. The lowest BCUT2D eigenvalue weighted by Crippen LogP contribution is -2.24. The molecule has 16 heavy (non-hydrogen) atoms. The molecule has 0 aromatic heterocycles. The third-order valence-electron chi connectivity index (χ3n) is 3.42. The summed E-state index contributed by atoms with van der Waals surface area (Å²) in [6.07, 6.45) is 5.30. The number of likely N-dealkylation sites (tertiary alicyclic amines) is 1. The summed E-state index contributed by atoms with van der Waals surface area (Å²) in [6.45, 7) is 4.81. The maximum absolute atomic E-state index is 3.50. The zero-order valence-corrected chi connectivity index (χ0v) is 11.5. The molecule has 1 aliphatic heterocycles. The second-order valence-electron chi connectivity index (χ2n) is 4.60. The third-order valence-corrected chi connectivity index (χ3v) is 3.95. The van der Waals surface area contributed by atoms with E-state index in [1.807, 2.05) is 0 Å². The fourth-order valence-corrected chi connectivity index (χ4v) is 2.78. The van der Waals surface area contributed by atoms with Gasteiger partial charge in [-0.3, -0.25) is 4.90 Å². The molecule has 1 unspecified atom stereocenters. The quantitative estimate of drug-likeness (QED) is 0.791. The SMILES string of the molecule is CCCCN1CCCC1c1ccc(Br)cc1. The molecule has 1 saturated heterocycles. The van der Waals surface area contributed by atoms with Gasteiger partial charge >= 0.3 is 0 Å². The van der Waals surface area contributed by atoms with Crippen molar-refractivity contribution in [1.82, 2.24) is 4.90 Å². The van der Waals surface area contributed by atoms with Crippen LogP contribution in [0.3, 0.4) is 0 Å². The predicted molar refractivity (Wildman–Crippen MR) is 72.6 cm³/mol. The Morgan fingerprint density at radius 2 is 2.06 bits per heavy atom. The Bertz CT molecular complexity index is 320. The van der Waals surface area contributed by atoms with Gasteiger partial charge in [-0.05, 0) is 50.0 Å². The van der Waals surface area contributed by atoms with Crippen LogP contribution in [0.15, 0.2) is 28.7 Å². The molecule has 0 N–H and O–H groups in total. The van der Waals surface area contributed by atoms with Crippen LogP contribution in [0.4, 0.5) is 0 Å². The summed E-state index contributed by atoms with van der Waals surface area (Å²) in [7, 11) is 0. The molecule has 2 heteroatoms. The van der Waals surface area contributed by atoms with Crippen molar-refractivity contribution in [3.63, 3.8) is 0 Å². The molecule has 1 nitrogen and oxygen atoms in total. The Morgan fingerprint density at radius 3 is 2.75 bits per heavy atom. The Hall–Kier alpha value is -0.340. The lowest BCUT2D eigenvalue weighted by molar-refractivity contribution is 0.253. The summed E-state index contributed by atoms with van der Waals surface area (Å²) in [6, 6.07) is 9.51. The van der Waals surface area contributed by atoms with E-state index in [1.54, 1.807) is 0 Å². The van der Waals surface area contributed by atoms with Gasteiger partial charge in [0.25, 0.3) is 0 Å². The molecule has 1 aliphatic rings. The smallest absolute Gasteiger partial charge is 0.0348 e. The highest BCUT2D eigenvalue weighted by atomic mass is 79.9. The van der Waals surface area contributed by atoms with Gasteiger partial charge < -0.3 is 0 Å². The monoisotopic (exact) mass is 281 g/mol. The summed E-state index contributed by atoms with van der Waals surface area (Å²) >= 11 is 3.50. The van der Waals surface area contributed by atoms with Gasteiger partial charge in [0.15, 0.2) is 0 Å². The van der Waals surface area contributed by atoms with E-state index in [2.05, 4.69) is 52.0 Å². The fourth-order valence-electron chi connectivity index (χ4n) is 2.52. The number of benzene rings is 1. The minimum atomic E-state index is 0.666. The fraction of sp³-hybridized carbons (Fsp3) is 0.571. The van der Waals surface area contributed by atoms with Crippen LogP contribution in [0.1, 0.15) is 44.2 Å². The van der Waals surface area contributed by atoms with Gasteiger partial charge in [0, 0.05) is 10.5 Å². The van der Waals surface area contributed by atoms with Crippen molar-refractivity contribution in [3.8, 4) is 0 Å². The van der Waals surface area contributed by atoms with Crippen LogP contribution in [0.2, 0.25) is 0 Å². The van der Waals surface area contributed by atoms with E-state index >= 15 is 0 Å². The third kappa shape index (κ3) is 2.86.